The average Bonchev–Trinajstić information content (AvgIpc) is 3.08. The minimum Gasteiger partial charge on any atom is -0.356 e. The van der Waals surface area contributed by atoms with Crippen LogP contribution in [0.3, 0.4) is 0 Å². The van der Waals surface area contributed by atoms with Crippen molar-refractivity contribution in [2.75, 3.05) is 11.4 Å². The summed E-state index contributed by atoms with van der Waals surface area (Å²) in [5, 5.41) is 1.03. The third-order valence-electron chi connectivity index (χ3n) is 5.72. The molecule has 1 aliphatic rings. The first-order chi connectivity index (χ1) is 14.4. The van der Waals surface area contributed by atoms with E-state index in [9.17, 15) is 8.78 Å². The predicted octanol–water partition coefficient (Wildman–Crippen LogP) is 5.66. The highest BCUT2D eigenvalue weighted by molar-refractivity contribution is 6.31. The molecule has 4 nitrogen and oxygen atoms in total. The molecule has 1 atom stereocenters. The largest absolute Gasteiger partial charge is 0.356 e. The van der Waals surface area contributed by atoms with E-state index in [2.05, 4.69) is 44.1 Å². The Morgan fingerprint density at radius 3 is 2.60 bits per heavy atom. The van der Waals surface area contributed by atoms with Crippen molar-refractivity contribution < 1.29 is 8.78 Å². The lowest BCUT2D eigenvalue weighted by Crippen LogP contribution is -2.37. The number of halogens is 3. The lowest BCUT2D eigenvalue weighted by molar-refractivity contribution is 0.586. The van der Waals surface area contributed by atoms with E-state index in [1.807, 2.05) is 6.92 Å². The number of H-pyrrole nitrogens is 1. The second kappa shape index (κ2) is 7.06. The summed E-state index contributed by atoms with van der Waals surface area (Å²) in [7, 11) is 0. The Bertz CT molecular complexity index is 1270. The maximum Gasteiger partial charge on any atom is 0.226 e. The first kappa shape index (κ1) is 19.0. The monoisotopic (exact) mass is 424 g/mol. The standard InChI is InChI=1S/C23H19ClF2N4/c1-12-3-5-14(6-4-12)22-21-15(16-9-17(24)18(25)10-20(16)29-21)7-8-30(22)23-27-11-19(26)13(2)28-23/h3-6,9-11,22,29H,7-8H2,1-2H3. The van der Waals surface area contributed by atoms with Gasteiger partial charge in [0.25, 0.3) is 0 Å². The molecule has 4 aromatic rings. The highest BCUT2D eigenvalue weighted by Crippen LogP contribution is 2.40. The SMILES string of the molecule is Cc1ccc(C2c3[nH]c4cc(F)c(Cl)cc4c3CCN2c2ncc(F)c(C)n2)cc1. The second-order valence-corrected chi connectivity index (χ2v) is 8.10. The lowest BCUT2D eigenvalue weighted by Gasteiger charge is -2.36. The molecular formula is C23H19ClF2N4. The lowest BCUT2D eigenvalue weighted by atomic mass is 9.92. The third-order valence-corrected chi connectivity index (χ3v) is 6.01. The van der Waals surface area contributed by atoms with Crippen molar-refractivity contribution in [3.8, 4) is 0 Å². The van der Waals surface area contributed by atoms with Gasteiger partial charge in [-0.2, -0.15) is 0 Å². The Morgan fingerprint density at radius 1 is 1.10 bits per heavy atom. The van der Waals surface area contributed by atoms with Crippen LogP contribution in [0.15, 0.2) is 42.6 Å². The number of nitrogens with zero attached hydrogens (tertiary/aromatic N) is 3. The first-order valence-corrected chi connectivity index (χ1v) is 10.1. The fraction of sp³-hybridized carbons (Fsp3) is 0.217. The Kier molecular flexibility index (Phi) is 4.47. The third kappa shape index (κ3) is 3.03. The van der Waals surface area contributed by atoms with Gasteiger partial charge in [-0.3, -0.25) is 0 Å². The summed E-state index contributed by atoms with van der Waals surface area (Å²) in [4.78, 5) is 14.1. The number of anilines is 1. The van der Waals surface area contributed by atoms with Crippen LogP contribution in [0.25, 0.3) is 10.9 Å². The van der Waals surface area contributed by atoms with Gasteiger partial charge in [-0.25, -0.2) is 18.7 Å². The van der Waals surface area contributed by atoms with Crippen molar-refractivity contribution in [1.29, 1.82) is 0 Å². The van der Waals surface area contributed by atoms with Crippen LogP contribution in [-0.4, -0.2) is 21.5 Å². The number of fused-ring (bicyclic) bond motifs is 3. The minimum atomic E-state index is -0.455. The van der Waals surface area contributed by atoms with Gasteiger partial charge in [0.2, 0.25) is 5.95 Å². The summed E-state index contributed by atoms with van der Waals surface area (Å²) < 4.78 is 27.9. The van der Waals surface area contributed by atoms with Crippen LogP contribution in [0.1, 0.15) is 34.1 Å². The normalized spacial score (nSPS) is 16.2. The van der Waals surface area contributed by atoms with Gasteiger partial charge in [0, 0.05) is 23.1 Å². The summed E-state index contributed by atoms with van der Waals surface area (Å²) in [5.74, 6) is -0.420. The molecule has 3 heterocycles. The van der Waals surface area contributed by atoms with Crippen molar-refractivity contribution in [3.63, 3.8) is 0 Å². The zero-order valence-corrected chi connectivity index (χ0v) is 17.3. The fourth-order valence-corrected chi connectivity index (χ4v) is 4.34. The van der Waals surface area contributed by atoms with Crippen molar-refractivity contribution in [1.82, 2.24) is 15.0 Å². The van der Waals surface area contributed by atoms with Gasteiger partial charge in [-0.05, 0) is 43.5 Å². The summed E-state index contributed by atoms with van der Waals surface area (Å²) in [5.41, 5.74) is 5.27. The number of rotatable bonds is 2. The average molecular weight is 425 g/mol. The van der Waals surface area contributed by atoms with Crippen LogP contribution in [0, 0.1) is 25.5 Å². The van der Waals surface area contributed by atoms with Gasteiger partial charge >= 0.3 is 0 Å². The van der Waals surface area contributed by atoms with Gasteiger partial charge in [-0.15, -0.1) is 0 Å². The molecule has 0 saturated carbocycles. The van der Waals surface area contributed by atoms with Gasteiger partial charge in [0.05, 0.1) is 23.0 Å². The van der Waals surface area contributed by atoms with Crippen LogP contribution in [0.4, 0.5) is 14.7 Å². The van der Waals surface area contributed by atoms with E-state index in [1.165, 1.54) is 12.3 Å². The maximum atomic E-state index is 14.1. The number of aromatic amines is 1. The summed E-state index contributed by atoms with van der Waals surface area (Å²) in [6, 6.07) is 11.1. The van der Waals surface area contributed by atoms with Crippen LogP contribution >= 0.6 is 11.6 Å². The van der Waals surface area contributed by atoms with Gasteiger partial charge in [0.15, 0.2) is 5.82 Å². The van der Waals surface area contributed by atoms with E-state index < -0.39 is 11.6 Å². The van der Waals surface area contributed by atoms with Crippen LogP contribution in [-0.2, 0) is 6.42 Å². The van der Waals surface area contributed by atoms with Crippen LogP contribution in [0.5, 0.6) is 0 Å². The molecule has 0 saturated heterocycles. The molecule has 1 N–H and O–H groups in total. The number of hydrogen-bond donors (Lipinski definition) is 1. The molecular weight excluding hydrogens is 406 g/mol. The van der Waals surface area contributed by atoms with Crippen molar-refractivity contribution >= 4 is 28.5 Å². The van der Waals surface area contributed by atoms with E-state index in [0.717, 1.165) is 27.8 Å². The second-order valence-electron chi connectivity index (χ2n) is 7.69. The molecule has 152 valence electrons. The van der Waals surface area contributed by atoms with E-state index in [0.29, 0.717) is 30.1 Å². The van der Waals surface area contributed by atoms with Gasteiger partial charge in [0.1, 0.15) is 5.82 Å². The molecule has 0 fully saturated rings. The summed E-state index contributed by atoms with van der Waals surface area (Å²) >= 11 is 6.06. The minimum absolute atomic E-state index is 0.108. The summed E-state index contributed by atoms with van der Waals surface area (Å²) in [6.07, 6.45) is 1.92. The number of benzene rings is 2. The topological polar surface area (TPSA) is 44.8 Å². The molecule has 2 aromatic heterocycles. The number of hydrogen-bond acceptors (Lipinski definition) is 3. The Hall–Kier alpha value is -2.99. The summed E-state index contributed by atoms with van der Waals surface area (Å²) in [6.45, 7) is 4.30. The van der Waals surface area contributed by atoms with E-state index in [4.69, 9.17) is 11.6 Å². The Balaban J connectivity index is 1.72. The maximum absolute atomic E-state index is 14.1. The van der Waals surface area contributed by atoms with E-state index in [-0.39, 0.29) is 11.1 Å². The molecule has 1 unspecified atom stereocenters. The fourth-order valence-electron chi connectivity index (χ4n) is 4.17. The first-order valence-electron chi connectivity index (χ1n) is 9.74. The number of nitrogens with one attached hydrogen (secondary N) is 1. The van der Waals surface area contributed by atoms with Gasteiger partial charge in [-0.1, -0.05) is 41.4 Å². The zero-order chi connectivity index (χ0) is 21.0. The highest BCUT2D eigenvalue weighted by atomic mass is 35.5. The zero-order valence-electron chi connectivity index (χ0n) is 16.5. The molecule has 7 heteroatoms. The molecule has 2 aromatic carbocycles. The molecule has 0 spiro atoms. The van der Waals surface area contributed by atoms with Crippen molar-refractivity contribution in [2.45, 2.75) is 26.3 Å². The number of aromatic nitrogens is 3. The molecule has 0 amide bonds. The Labute approximate surface area is 177 Å². The molecule has 0 aliphatic carbocycles. The van der Waals surface area contributed by atoms with Crippen molar-refractivity contribution in [2.24, 2.45) is 0 Å². The smallest absolute Gasteiger partial charge is 0.226 e. The number of aryl methyl sites for hydroxylation is 2. The molecule has 0 radical (unpaired) electrons. The molecule has 1 aliphatic heterocycles. The molecule has 30 heavy (non-hydrogen) atoms. The predicted molar refractivity (Wildman–Crippen MR) is 114 cm³/mol. The van der Waals surface area contributed by atoms with Gasteiger partial charge < -0.3 is 9.88 Å². The van der Waals surface area contributed by atoms with E-state index >= 15 is 0 Å². The van der Waals surface area contributed by atoms with E-state index in [1.54, 1.807) is 13.0 Å². The Morgan fingerprint density at radius 2 is 1.87 bits per heavy atom. The molecule has 0 bridgehead atoms. The highest BCUT2D eigenvalue weighted by Gasteiger charge is 2.33. The van der Waals surface area contributed by atoms with Crippen molar-refractivity contribution in [3.05, 3.63) is 87.3 Å². The van der Waals surface area contributed by atoms with Crippen LogP contribution in [0.2, 0.25) is 5.02 Å². The van der Waals surface area contributed by atoms with Crippen LogP contribution < -0.4 is 4.90 Å². The molecule has 5 rings (SSSR count). The quantitative estimate of drug-likeness (QED) is 0.451.